The van der Waals surface area contributed by atoms with Gasteiger partial charge in [0.25, 0.3) is 5.56 Å². The second kappa shape index (κ2) is 9.30. The van der Waals surface area contributed by atoms with Crippen molar-refractivity contribution in [3.05, 3.63) is 64.0 Å². The molecule has 4 rings (SSSR count). The molecule has 0 radical (unpaired) electrons. The van der Waals surface area contributed by atoms with Gasteiger partial charge in [-0.3, -0.25) is 19.1 Å². The number of aromatic nitrogens is 2. The van der Waals surface area contributed by atoms with Crippen LogP contribution < -0.4 is 10.9 Å². The fourth-order valence-electron chi connectivity index (χ4n) is 3.50. The molecule has 3 heterocycles. The maximum absolute atomic E-state index is 12.7. The van der Waals surface area contributed by atoms with Crippen molar-refractivity contribution in [1.29, 1.82) is 0 Å². The minimum atomic E-state index is -0.101. The largest absolute Gasteiger partial charge is 0.379 e. The number of thiophene rings is 1. The predicted molar refractivity (Wildman–Crippen MR) is 113 cm³/mol. The number of carbonyl (C=O) groups is 1. The zero-order chi connectivity index (χ0) is 20.1. The number of nitrogens with zero attached hydrogens (tertiary/aromatic N) is 3. The lowest BCUT2D eigenvalue weighted by atomic mass is 10.1. The van der Waals surface area contributed by atoms with Crippen LogP contribution in [0, 0.1) is 0 Å². The van der Waals surface area contributed by atoms with Crippen molar-refractivity contribution >= 4 is 27.5 Å². The molecule has 2 aromatic heterocycles. The molecular formula is C21H24N4O3S. The molecule has 0 spiro atoms. The van der Waals surface area contributed by atoms with Crippen molar-refractivity contribution in [3.8, 4) is 0 Å². The summed E-state index contributed by atoms with van der Waals surface area (Å²) in [4.78, 5) is 32.5. The lowest BCUT2D eigenvalue weighted by Gasteiger charge is -2.31. The molecule has 0 bridgehead atoms. The first-order valence-electron chi connectivity index (χ1n) is 9.78. The molecule has 0 saturated carbocycles. The summed E-state index contributed by atoms with van der Waals surface area (Å²) in [5, 5.41) is 5.60. The number of benzene rings is 1. The number of fused-ring (bicyclic) bond motifs is 1. The fraction of sp³-hybridized carbons (Fsp3) is 0.381. The van der Waals surface area contributed by atoms with E-state index in [2.05, 4.69) is 15.2 Å². The topological polar surface area (TPSA) is 76.5 Å². The Morgan fingerprint density at radius 2 is 2.00 bits per heavy atom. The Kier molecular flexibility index (Phi) is 6.33. The maximum atomic E-state index is 12.7. The Balaban J connectivity index is 1.41. The van der Waals surface area contributed by atoms with Gasteiger partial charge in [-0.15, -0.1) is 11.3 Å². The summed E-state index contributed by atoms with van der Waals surface area (Å²) in [7, 11) is 0. The van der Waals surface area contributed by atoms with E-state index in [1.165, 1.54) is 22.2 Å². The normalized spacial score (nSPS) is 16.0. The van der Waals surface area contributed by atoms with Gasteiger partial charge in [-0.1, -0.05) is 30.3 Å². The summed E-state index contributed by atoms with van der Waals surface area (Å²) < 4.78 is 6.93. The molecule has 152 valence electrons. The third-order valence-electron chi connectivity index (χ3n) is 5.11. The van der Waals surface area contributed by atoms with Gasteiger partial charge in [-0.05, 0) is 17.0 Å². The third-order valence-corrected chi connectivity index (χ3v) is 5.93. The van der Waals surface area contributed by atoms with E-state index >= 15 is 0 Å². The molecule has 1 amide bonds. The first-order chi connectivity index (χ1) is 14.2. The second-order valence-electron chi connectivity index (χ2n) is 7.08. The molecule has 0 aliphatic carbocycles. The van der Waals surface area contributed by atoms with E-state index in [1.807, 2.05) is 35.7 Å². The van der Waals surface area contributed by atoms with Gasteiger partial charge in [0.05, 0.1) is 31.0 Å². The van der Waals surface area contributed by atoms with E-state index in [0.29, 0.717) is 11.9 Å². The van der Waals surface area contributed by atoms with Gasteiger partial charge in [0, 0.05) is 32.6 Å². The molecule has 1 N–H and O–H groups in total. The molecule has 1 aliphatic heterocycles. The summed E-state index contributed by atoms with van der Waals surface area (Å²) >= 11 is 1.44. The van der Waals surface area contributed by atoms with E-state index in [0.717, 1.165) is 43.2 Å². The van der Waals surface area contributed by atoms with E-state index in [9.17, 15) is 9.59 Å². The predicted octanol–water partition coefficient (Wildman–Crippen LogP) is 2.04. The highest BCUT2D eigenvalue weighted by molar-refractivity contribution is 7.16. The van der Waals surface area contributed by atoms with Crippen LogP contribution in [0.5, 0.6) is 0 Å². The highest BCUT2D eigenvalue weighted by Crippen LogP contribution is 2.16. The van der Waals surface area contributed by atoms with Crippen molar-refractivity contribution in [2.45, 2.75) is 19.0 Å². The summed E-state index contributed by atoms with van der Waals surface area (Å²) in [6.45, 7) is 4.21. The van der Waals surface area contributed by atoms with Crippen molar-refractivity contribution in [3.63, 3.8) is 0 Å². The number of nitrogens with one attached hydrogen (secondary N) is 1. The van der Waals surface area contributed by atoms with Gasteiger partial charge in [-0.2, -0.15) is 0 Å². The quantitative estimate of drug-likeness (QED) is 0.643. The van der Waals surface area contributed by atoms with Crippen LogP contribution in [0.15, 0.2) is 52.9 Å². The van der Waals surface area contributed by atoms with Gasteiger partial charge in [0.2, 0.25) is 5.91 Å². The minimum absolute atomic E-state index is 0.0792. The van der Waals surface area contributed by atoms with Crippen LogP contribution in [0.1, 0.15) is 18.0 Å². The first-order valence-corrected chi connectivity index (χ1v) is 10.7. The average Bonchev–Trinajstić information content (AvgIpc) is 3.24. The Morgan fingerprint density at radius 3 is 2.79 bits per heavy atom. The van der Waals surface area contributed by atoms with Gasteiger partial charge in [0.15, 0.2) is 0 Å². The van der Waals surface area contributed by atoms with Crippen molar-refractivity contribution in [2.24, 2.45) is 0 Å². The molecule has 1 aromatic carbocycles. The highest BCUT2D eigenvalue weighted by Gasteiger charge is 2.20. The summed E-state index contributed by atoms with van der Waals surface area (Å²) in [6, 6.07) is 11.7. The van der Waals surface area contributed by atoms with Gasteiger partial charge < -0.3 is 10.1 Å². The summed E-state index contributed by atoms with van der Waals surface area (Å²) in [5.41, 5.74) is 0.975. The molecule has 1 aliphatic rings. The van der Waals surface area contributed by atoms with Crippen molar-refractivity contribution in [1.82, 2.24) is 19.8 Å². The number of amides is 1. The molecule has 29 heavy (non-hydrogen) atoms. The Bertz CT molecular complexity index is 1010. The Morgan fingerprint density at radius 1 is 1.21 bits per heavy atom. The van der Waals surface area contributed by atoms with Crippen molar-refractivity contribution < 1.29 is 9.53 Å². The maximum Gasteiger partial charge on any atom is 0.262 e. The SMILES string of the molecule is O=C(CCn1cnc2sccc2c1=O)N[C@H](CN1CCOCC1)c1ccccc1. The highest BCUT2D eigenvalue weighted by atomic mass is 32.1. The molecule has 0 unspecified atom stereocenters. The summed E-state index contributed by atoms with van der Waals surface area (Å²) in [6.07, 6.45) is 1.75. The average molecular weight is 413 g/mol. The molecule has 7 nitrogen and oxygen atoms in total. The molecule has 8 heteroatoms. The zero-order valence-electron chi connectivity index (χ0n) is 16.1. The number of aryl methyl sites for hydroxylation is 1. The Labute approximate surface area is 172 Å². The van der Waals surface area contributed by atoms with E-state index in [1.54, 1.807) is 6.07 Å². The Hall–Kier alpha value is -2.55. The fourth-order valence-corrected chi connectivity index (χ4v) is 4.23. The monoisotopic (exact) mass is 412 g/mol. The van der Waals surface area contributed by atoms with Gasteiger partial charge in [-0.25, -0.2) is 4.98 Å². The van der Waals surface area contributed by atoms with Crippen LogP contribution in [0.25, 0.3) is 10.2 Å². The lowest BCUT2D eigenvalue weighted by molar-refractivity contribution is -0.122. The number of carbonyl (C=O) groups excluding carboxylic acids is 1. The van der Waals surface area contributed by atoms with Crippen LogP contribution in [-0.2, 0) is 16.1 Å². The van der Waals surface area contributed by atoms with Crippen LogP contribution >= 0.6 is 11.3 Å². The molecular weight excluding hydrogens is 388 g/mol. The van der Waals surface area contributed by atoms with Crippen molar-refractivity contribution in [2.75, 3.05) is 32.8 Å². The van der Waals surface area contributed by atoms with Crippen LogP contribution in [0.4, 0.5) is 0 Å². The molecule has 3 aromatic rings. The van der Waals surface area contributed by atoms with E-state index in [-0.39, 0.29) is 23.9 Å². The van der Waals surface area contributed by atoms with Gasteiger partial charge >= 0.3 is 0 Å². The standard InChI is InChI=1S/C21H24N4O3S/c26-19(6-8-25-15-22-20-17(21(25)27)7-13-29-20)23-18(16-4-2-1-3-5-16)14-24-9-11-28-12-10-24/h1-5,7,13,15,18H,6,8-12,14H2,(H,23,26)/t18-/m1/s1. The lowest BCUT2D eigenvalue weighted by Crippen LogP contribution is -2.43. The first kappa shape index (κ1) is 19.8. The number of hydrogen-bond acceptors (Lipinski definition) is 6. The minimum Gasteiger partial charge on any atom is -0.379 e. The summed E-state index contributed by atoms with van der Waals surface area (Å²) in [5.74, 6) is -0.0792. The van der Waals surface area contributed by atoms with Crippen LogP contribution in [0.2, 0.25) is 0 Å². The molecule has 1 atom stereocenters. The second-order valence-corrected chi connectivity index (χ2v) is 7.97. The number of morpholine rings is 1. The number of ether oxygens (including phenoxy) is 1. The third kappa shape index (κ3) is 4.90. The van der Waals surface area contributed by atoms with E-state index in [4.69, 9.17) is 4.74 Å². The molecule has 1 saturated heterocycles. The van der Waals surface area contributed by atoms with Crippen LogP contribution in [-0.4, -0.2) is 53.2 Å². The number of rotatable bonds is 7. The van der Waals surface area contributed by atoms with E-state index < -0.39 is 0 Å². The van der Waals surface area contributed by atoms with Crippen LogP contribution in [0.3, 0.4) is 0 Å². The smallest absolute Gasteiger partial charge is 0.262 e. The van der Waals surface area contributed by atoms with Gasteiger partial charge in [0.1, 0.15) is 4.83 Å². The molecule has 1 fully saturated rings. The number of hydrogen-bond donors (Lipinski definition) is 1. The zero-order valence-corrected chi connectivity index (χ0v) is 16.9.